The smallest absolute Gasteiger partial charge is 0.402 e. The average Bonchev–Trinajstić information content (AvgIpc) is 2.35. The summed E-state index contributed by atoms with van der Waals surface area (Å²) < 4.78 is 5.19. The van der Waals surface area contributed by atoms with E-state index < -0.39 is 7.32 Å². The van der Waals surface area contributed by atoms with Gasteiger partial charge in [0.05, 0.1) is 6.10 Å². The van der Waals surface area contributed by atoms with E-state index in [-0.39, 0.29) is 16.9 Å². The third-order valence-electron chi connectivity index (χ3n) is 5.00. The Labute approximate surface area is 85.6 Å². The summed E-state index contributed by atoms with van der Waals surface area (Å²) in [6.45, 7) is 6.77. The minimum Gasteiger partial charge on any atom is -0.402 e. The van der Waals surface area contributed by atoms with Crippen LogP contribution in [0.4, 0.5) is 0 Å². The van der Waals surface area contributed by atoms with Gasteiger partial charge in [-0.3, -0.25) is 0 Å². The van der Waals surface area contributed by atoms with Gasteiger partial charge < -0.3 is 14.7 Å². The summed E-state index contributed by atoms with van der Waals surface area (Å²) in [7, 11) is -1.62. The topological polar surface area (TPSA) is 49.7 Å². The van der Waals surface area contributed by atoms with Gasteiger partial charge in [0.2, 0.25) is 0 Å². The van der Waals surface area contributed by atoms with Gasteiger partial charge in [-0.15, -0.1) is 0 Å². The molecule has 0 aliphatic heterocycles. The molecular weight excluding hydrogens is 179 g/mol. The first-order valence-corrected chi connectivity index (χ1v) is 5.39. The summed E-state index contributed by atoms with van der Waals surface area (Å²) in [5.74, 6) is 0.677. The van der Waals surface area contributed by atoms with Crippen molar-refractivity contribution in [1.29, 1.82) is 0 Å². The SMILES string of the molecule is CC1(C)[C@@H]2CC[C@]1(C)[C@@H](OB(O)O)C2. The van der Waals surface area contributed by atoms with E-state index in [1.165, 1.54) is 6.42 Å². The summed E-state index contributed by atoms with van der Waals surface area (Å²) in [6.07, 6.45) is 3.38. The van der Waals surface area contributed by atoms with Crippen molar-refractivity contribution in [2.75, 3.05) is 0 Å². The van der Waals surface area contributed by atoms with Gasteiger partial charge >= 0.3 is 7.32 Å². The van der Waals surface area contributed by atoms with Crippen LogP contribution in [0.3, 0.4) is 0 Å². The molecule has 2 saturated carbocycles. The highest BCUT2D eigenvalue weighted by Gasteiger charge is 2.62. The lowest BCUT2D eigenvalue weighted by atomic mass is 9.70. The van der Waals surface area contributed by atoms with Crippen LogP contribution < -0.4 is 0 Å². The summed E-state index contributed by atoms with van der Waals surface area (Å²) in [4.78, 5) is 0. The molecule has 2 aliphatic rings. The molecule has 3 atom stereocenters. The third kappa shape index (κ3) is 1.17. The van der Waals surface area contributed by atoms with Crippen molar-refractivity contribution in [3.63, 3.8) is 0 Å². The monoisotopic (exact) mass is 198 g/mol. The lowest BCUT2D eigenvalue weighted by Crippen LogP contribution is -2.40. The fourth-order valence-electron chi connectivity index (χ4n) is 3.48. The van der Waals surface area contributed by atoms with Gasteiger partial charge in [-0.25, -0.2) is 0 Å². The molecule has 80 valence electrons. The normalized spacial score (nSPS) is 44.4. The number of hydrogen-bond donors (Lipinski definition) is 2. The molecule has 0 unspecified atom stereocenters. The lowest BCUT2D eigenvalue weighted by Gasteiger charge is -2.39. The summed E-state index contributed by atoms with van der Waals surface area (Å²) >= 11 is 0. The van der Waals surface area contributed by atoms with Crippen molar-refractivity contribution >= 4 is 7.32 Å². The number of fused-ring (bicyclic) bond motifs is 2. The zero-order chi connectivity index (χ0) is 10.6. The fraction of sp³-hybridized carbons (Fsp3) is 1.00. The van der Waals surface area contributed by atoms with Gasteiger partial charge in [0.1, 0.15) is 0 Å². The van der Waals surface area contributed by atoms with Crippen LogP contribution >= 0.6 is 0 Å². The largest absolute Gasteiger partial charge is 0.634 e. The summed E-state index contributed by atoms with van der Waals surface area (Å²) in [5.41, 5.74) is 0.383. The second-order valence-electron chi connectivity index (χ2n) is 5.56. The Hall–Kier alpha value is -0.0551. The van der Waals surface area contributed by atoms with Gasteiger partial charge in [0.25, 0.3) is 0 Å². The predicted octanol–water partition coefficient (Wildman–Crippen LogP) is 1.19. The maximum absolute atomic E-state index is 8.86. The highest BCUT2D eigenvalue weighted by molar-refractivity contribution is 6.32. The molecule has 4 heteroatoms. The average molecular weight is 198 g/mol. The summed E-state index contributed by atoms with van der Waals surface area (Å²) in [5, 5.41) is 17.7. The van der Waals surface area contributed by atoms with Gasteiger partial charge in [-0.05, 0) is 36.0 Å². The molecule has 0 heterocycles. The molecule has 2 rings (SSSR count). The maximum atomic E-state index is 8.86. The Morgan fingerprint density at radius 1 is 1.29 bits per heavy atom. The molecule has 0 aromatic rings. The van der Waals surface area contributed by atoms with E-state index >= 15 is 0 Å². The molecule has 0 aromatic heterocycles. The van der Waals surface area contributed by atoms with Crippen molar-refractivity contribution in [2.45, 2.75) is 46.1 Å². The van der Waals surface area contributed by atoms with Crippen LogP contribution in [0, 0.1) is 16.7 Å². The van der Waals surface area contributed by atoms with Crippen LogP contribution in [0.25, 0.3) is 0 Å². The zero-order valence-corrected chi connectivity index (χ0v) is 9.16. The minimum atomic E-state index is -1.62. The van der Waals surface area contributed by atoms with Crippen molar-refractivity contribution in [3.8, 4) is 0 Å². The molecule has 3 nitrogen and oxygen atoms in total. The van der Waals surface area contributed by atoms with Gasteiger partial charge in [-0.2, -0.15) is 0 Å². The van der Waals surface area contributed by atoms with Gasteiger partial charge in [0.15, 0.2) is 0 Å². The Bertz CT molecular complexity index is 242. The fourth-order valence-corrected chi connectivity index (χ4v) is 3.48. The summed E-state index contributed by atoms with van der Waals surface area (Å²) in [6, 6.07) is 0. The first-order valence-electron chi connectivity index (χ1n) is 5.39. The first kappa shape index (κ1) is 10.5. The van der Waals surface area contributed by atoms with E-state index in [1.807, 2.05) is 0 Å². The molecule has 14 heavy (non-hydrogen) atoms. The van der Waals surface area contributed by atoms with E-state index in [9.17, 15) is 0 Å². The van der Waals surface area contributed by atoms with E-state index in [1.54, 1.807) is 0 Å². The molecule has 0 amide bonds. The molecule has 2 aliphatic carbocycles. The molecule has 2 bridgehead atoms. The van der Waals surface area contributed by atoms with E-state index in [2.05, 4.69) is 20.8 Å². The molecule has 0 spiro atoms. The maximum Gasteiger partial charge on any atom is 0.634 e. The van der Waals surface area contributed by atoms with Crippen molar-refractivity contribution in [2.24, 2.45) is 16.7 Å². The Kier molecular flexibility index (Phi) is 2.22. The number of rotatable bonds is 2. The highest BCUT2D eigenvalue weighted by Crippen LogP contribution is 2.66. The van der Waals surface area contributed by atoms with E-state index in [0.717, 1.165) is 12.8 Å². The second-order valence-corrected chi connectivity index (χ2v) is 5.56. The molecule has 0 saturated heterocycles. The van der Waals surface area contributed by atoms with Crippen LogP contribution in [-0.4, -0.2) is 23.5 Å². The third-order valence-corrected chi connectivity index (χ3v) is 5.00. The Balaban J connectivity index is 2.19. The molecule has 2 N–H and O–H groups in total. The molecule has 2 fully saturated rings. The number of hydrogen-bond acceptors (Lipinski definition) is 3. The van der Waals surface area contributed by atoms with Crippen LogP contribution in [0.2, 0.25) is 0 Å². The first-order chi connectivity index (χ1) is 6.38. The molecular formula is C10H19BO3. The van der Waals surface area contributed by atoms with Crippen LogP contribution in [-0.2, 0) is 4.65 Å². The van der Waals surface area contributed by atoms with Gasteiger partial charge in [0, 0.05) is 0 Å². The predicted molar refractivity (Wildman–Crippen MR) is 54.3 cm³/mol. The lowest BCUT2D eigenvalue weighted by molar-refractivity contribution is 0.000848. The van der Waals surface area contributed by atoms with E-state index in [4.69, 9.17) is 14.7 Å². The quantitative estimate of drug-likeness (QED) is 0.655. The second kappa shape index (κ2) is 2.97. The van der Waals surface area contributed by atoms with Crippen molar-refractivity contribution in [3.05, 3.63) is 0 Å². The Morgan fingerprint density at radius 2 is 1.93 bits per heavy atom. The van der Waals surface area contributed by atoms with Crippen LogP contribution in [0.15, 0.2) is 0 Å². The standard InChI is InChI=1S/C10H19BO3/c1-9(2)7-4-5-10(9,3)8(6-7)14-11(12)13/h7-8,12-13H,4-6H2,1-3H3/t7-,8+,10-/m1/s1. The van der Waals surface area contributed by atoms with Crippen LogP contribution in [0.1, 0.15) is 40.0 Å². The molecule has 0 radical (unpaired) electrons. The highest BCUT2D eigenvalue weighted by atomic mass is 16.6. The minimum absolute atomic E-state index is 0.0104. The molecule has 0 aromatic carbocycles. The van der Waals surface area contributed by atoms with Crippen LogP contribution in [0.5, 0.6) is 0 Å². The zero-order valence-electron chi connectivity index (χ0n) is 9.16. The van der Waals surface area contributed by atoms with Crippen molar-refractivity contribution < 1.29 is 14.7 Å². The van der Waals surface area contributed by atoms with E-state index in [0.29, 0.717) is 5.92 Å². The Morgan fingerprint density at radius 3 is 2.29 bits per heavy atom. The van der Waals surface area contributed by atoms with Gasteiger partial charge in [-0.1, -0.05) is 20.8 Å². The van der Waals surface area contributed by atoms with Crippen molar-refractivity contribution in [1.82, 2.24) is 0 Å².